The molecule has 2 heterocycles. The van der Waals surface area contributed by atoms with Gasteiger partial charge >= 0.3 is 0 Å². The summed E-state index contributed by atoms with van der Waals surface area (Å²) in [4.78, 5) is 23.2. The van der Waals surface area contributed by atoms with Crippen molar-refractivity contribution < 1.29 is 4.79 Å². The van der Waals surface area contributed by atoms with Crippen molar-refractivity contribution in [1.29, 1.82) is 0 Å². The van der Waals surface area contributed by atoms with E-state index in [4.69, 9.17) is 0 Å². The van der Waals surface area contributed by atoms with E-state index in [-0.39, 0.29) is 18.4 Å². The van der Waals surface area contributed by atoms with Gasteiger partial charge in [-0.25, -0.2) is 4.98 Å². The van der Waals surface area contributed by atoms with Crippen LogP contribution in [0.5, 0.6) is 0 Å². The van der Waals surface area contributed by atoms with Crippen LogP contribution >= 0.6 is 11.3 Å². The van der Waals surface area contributed by atoms with Crippen LogP contribution in [-0.4, -0.2) is 15.9 Å². The summed E-state index contributed by atoms with van der Waals surface area (Å²) in [5.41, 5.74) is 4.95. The highest BCUT2D eigenvalue weighted by Gasteiger charge is 2.20. The molecule has 5 heteroatoms. The number of nitrogens with one attached hydrogen (secondary N) is 1. The van der Waals surface area contributed by atoms with Gasteiger partial charge in [-0.05, 0) is 31.5 Å². The average molecular weight is 414 g/mol. The van der Waals surface area contributed by atoms with Crippen molar-refractivity contribution >= 4 is 17.2 Å². The van der Waals surface area contributed by atoms with Crippen molar-refractivity contribution in [2.24, 2.45) is 0 Å². The predicted octanol–water partition coefficient (Wildman–Crippen LogP) is 5.27. The third-order valence-electron chi connectivity index (χ3n) is 4.87. The standard InChI is InChI=1S/C25H23N3OS/c1-17-11-13-20(14-12-17)25-22(30-18(2)27-25)16-23(29)28-24(19-8-4-3-5-9-19)21-10-6-7-15-26-21/h3-15,24H,16H2,1-2H3,(H,28,29). The molecule has 2 aromatic carbocycles. The van der Waals surface area contributed by atoms with Gasteiger partial charge in [0.15, 0.2) is 0 Å². The number of benzene rings is 2. The second kappa shape index (κ2) is 9.01. The van der Waals surface area contributed by atoms with Crippen LogP contribution < -0.4 is 5.32 Å². The summed E-state index contributed by atoms with van der Waals surface area (Å²) in [7, 11) is 0. The molecule has 0 saturated carbocycles. The van der Waals surface area contributed by atoms with Gasteiger partial charge in [-0.2, -0.15) is 0 Å². The van der Waals surface area contributed by atoms with Crippen molar-refractivity contribution in [1.82, 2.24) is 15.3 Å². The van der Waals surface area contributed by atoms with E-state index in [2.05, 4.69) is 46.5 Å². The molecule has 0 aliphatic rings. The van der Waals surface area contributed by atoms with E-state index in [9.17, 15) is 4.79 Å². The van der Waals surface area contributed by atoms with Gasteiger partial charge in [-0.3, -0.25) is 9.78 Å². The molecule has 0 aliphatic heterocycles. The van der Waals surface area contributed by atoms with E-state index in [1.54, 1.807) is 17.5 Å². The SMILES string of the molecule is Cc1ccc(-c2nc(C)sc2CC(=O)NC(c2ccccc2)c2ccccn2)cc1. The Morgan fingerprint density at radius 2 is 1.70 bits per heavy atom. The number of carbonyl (C=O) groups excluding carboxylic acids is 1. The molecule has 1 unspecified atom stereocenters. The molecule has 0 bridgehead atoms. The van der Waals surface area contributed by atoms with E-state index in [1.165, 1.54) is 5.56 Å². The van der Waals surface area contributed by atoms with Crippen molar-refractivity contribution in [2.75, 3.05) is 0 Å². The van der Waals surface area contributed by atoms with Gasteiger partial charge in [-0.15, -0.1) is 11.3 Å². The third-order valence-corrected chi connectivity index (χ3v) is 5.84. The lowest BCUT2D eigenvalue weighted by Gasteiger charge is -2.19. The molecule has 0 fully saturated rings. The summed E-state index contributed by atoms with van der Waals surface area (Å²) >= 11 is 1.57. The number of carbonyl (C=O) groups is 1. The Kier molecular flexibility index (Phi) is 6.00. The summed E-state index contributed by atoms with van der Waals surface area (Å²) in [6.45, 7) is 4.04. The maximum absolute atomic E-state index is 13.1. The number of hydrogen-bond donors (Lipinski definition) is 1. The molecule has 2 aromatic heterocycles. The molecule has 150 valence electrons. The molecule has 0 saturated heterocycles. The van der Waals surface area contributed by atoms with Crippen LogP contribution in [0.15, 0.2) is 79.0 Å². The fraction of sp³-hybridized carbons (Fsp3) is 0.160. The van der Waals surface area contributed by atoms with E-state index in [0.29, 0.717) is 0 Å². The van der Waals surface area contributed by atoms with Gasteiger partial charge in [0.25, 0.3) is 0 Å². The summed E-state index contributed by atoms with van der Waals surface area (Å²) in [5.74, 6) is -0.0495. The summed E-state index contributed by atoms with van der Waals surface area (Å²) in [6, 6.07) is 23.6. The van der Waals surface area contributed by atoms with Crippen LogP contribution in [0.4, 0.5) is 0 Å². The zero-order valence-corrected chi connectivity index (χ0v) is 17.8. The van der Waals surface area contributed by atoms with Gasteiger partial charge in [0, 0.05) is 16.6 Å². The average Bonchev–Trinajstić information content (AvgIpc) is 3.13. The molecule has 1 atom stereocenters. The molecule has 1 N–H and O–H groups in total. The minimum absolute atomic E-state index is 0.0495. The van der Waals surface area contributed by atoms with Crippen LogP contribution in [0.25, 0.3) is 11.3 Å². The van der Waals surface area contributed by atoms with Gasteiger partial charge in [0.2, 0.25) is 5.91 Å². The number of aryl methyl sites for hydroxylation is 2. The molecular weight excluding hydrogens is 390 g/mol. The monoisotopic (exact) mass is 413 g/mol. The van der Waals surface area contributed by atoms with Gasteiger partial charge in [0.05, 0.1) is 28.9 Å². The Balaban J connectivity index is 1.58. The van der Waals surface area contributed by atoms with Crippen LogP contribution in [0.3, 0.4) is 0 Å². The lowest BCUT2D eigenvalue weighted by atomic mass is 10.0. The minimum atomic E-state index is -0.295. The highest BCUT2D eigenvalue weighted by molar-refractivity contribution is 7.12. The molecule has 0 aliphatic carbocycles. The van der Waals surface area contributed by atoms with E-state index < -0.39 is 0 Å². The Labute approximate surface area is 180 Å². The first-order chi connectivity index (χ1) is 14.6. The van der Waals surface area contributed by atoms with Crippen LogP contribution in [0.1, 0.15) is 32.7 Å². The highest BCUT2D eigenvalue weighted by atomic mass is 32.1. The van der Waals surface area contributed by atoms with Crippen LogP contribution in [0, 0.1) is 13.8 Å². The molecule has 4 rings (SSSR count). The first kappa shape index (κ1) is 20.0. The Morgan fingerprint density at radius 1 is 0.967 bits per heavy atom. The normalized spacial score (nSPS) is 11.8. The fourth-order valence-corrected chi connectivity index (χ4v) is 4.36. The van der Waals surface area contributed by atoms with E-state index in [0.717, 1.165) is 32.4 Å². The van der Waals surface area contributed by atoms with Crippen molar-refractivity contribution in [2.45, 2.75) is 26.3 Å². The van der Waals surface area contributed by atoms with Crippen LogP contribution in [0.2, 0.25) is 0 Å². The lowest BCUT2D eigenvalue weighted by molar-refractivity contribution is -0.120. The second-order valence-corrected chi connectivity index (χ2v) is 8.50. The number of aromatic nitrogens is 2. The molecule has 4 aromatic rings. The molecule has 4 nitrogen and oxygen atoms in total. The zero-order valence-electron chi connectivity index (χ0n) is 17.0. The fourth-order valence-electron chi connectivity index (χ4n) is 3.40. The van der Waals surface area contributed by atoms with Crippen molar-refractivity contribution in [3.63, 3.8) is 0 Å². The molecule has 0 radical (unpaired) electrons. The number of thiazole rings is 1. The van der Waals surface area contributed by atoms with Gasteiger partial charge in [-0.1, -0.05) is 66.2 Å². The maximum Gasteiger partial charge on any atom is 0.226 e. The predicted molar refractivity (Wildman–Crippen MR) is 121 cm³/mol. The van der Waals surface area contributed by atoms with Gasteiger partial charge in [0.1, 0.15) is 0 Å². The topological polar surface area (TPSA) is 54.9 Å². The molecule has 30 heavy (non-hydrogen) atoms. The van der Waals surface area contributed by atoms with Gasteiger partial charge < -0.3 is 5.32 Å². The Bertz CT molecular complexity index is 1080. The van der Waals surface area contributed by atoms with Crippen molar-refractivity contribution in [3.05, 3.63) is 106 Å². The number of rotatable bonds is 6. The Hall–Kier alpha value is -3.31. The highest BCUT2D eigenvalue weighted by Crippen LogP contribution is 2.29. The Morgan fingerprint density at radius 3 is 2.40 bits per heavy atom. The molecule has 0 spiro atoms. The van der Waals surface area contributed by atoms with Crippen LogP contribution in [-0.2, 0) is 11.2 Å². The smallest absolute Gasteiger partial charge is 0.226 e. The number of pyridine rings is 1. The zero-order chi connectivity index (χ0) is 20.9. The first-order valence-electron chi connectivity index (χ1n) is 9.89. The minimum Gasteiger partial charge on any atom is -0.343 e. The summed E-state index contributed by atoms with van der Waals surface area (Å²) in [5, 5.41) is 4.13. The van der Waals surface area contributed by atoms with Crippen molar-refractivity contribution in [3.8, 4) is 11.3 Å². The first-order valence-corrected chi connectivity index (χ1v) is 10.7. The second-order valence-electron chi connectivity index (χ2n) is 7.21. The summed E-state index contributed by atoms with van der Waals surface area (Å²) < 4.78 is 0. The number of amides is 1. The largest absolute Gasteiger partial charge is 0.343 e. The number of hydrogen-bond acceptors (Lipinski definition) is 4. The van der Waals surface area contributed by atoms with E-state index in [1.807, 2.05) is 55.5 Å². The van der Waals surface area contributed by atoms with E-state index >= 15 is 0 Å². The quantitative estimate of drug-likeness (QED) is 0.468. The number of nitrogens with zero attached hydrogens (tertiary/aromatic N) is 2. The lowest BCUT2D eigenvalue weighted by Crippen LogP contribution is -2.31. The summed E-state index contributed by atoms with van der Waals surface area (Å²) in [6.07, 6.45) is 2.03. The third kappa shape index (κ3) is 4.63. The molecular formula is C25H23N3OS. The maximum atomic E-state index is 13.1. The molecule has 1 amide bonds.